The molecule has 0 spiro atoms. The molecular formula is C11H15BrN4O2. The van der Waals surface area contributed by atoms with E-state index in [0.29, 0.717) is 24.8 Å². The predicted octanol–water partition coefficient (Wildman–Crippen LogP) is 0.984. The van der Waals surface area contributed by atoms with E-state index in [1.165, 1.54) is 0 Å². The zero-order valence-corrected chi connectivity index (χ0v) is 11.4. The van der Waals surface area contributed by atoms with Gasteiger partial charge in [-0.05, 0) is 34.8 Å². The van der Waals surface area contributed by atoms with Gasteiger partial charge in [0.1, 0.15) is 5.69 Å². The van der Waals surface area contributed by atoms with Gasteiger partial charge in [-0.2, -0.15) is 0 Å². The van der Waals surface area contributed by atoms with Crippen molar-refractivity contribution in [3.05, 3.63) is 22.4 Å². The summed E-state index contributed by atoms with van der Waals surface area (Å²) in [5, 5.41) is 5.16. The molecule has 98 valence electrons. The maximum Gasteiger partial charge on any atom is 0.312 e. The highest BCUT2D eigenvalue weighted by Crippen LogP contribution is 2.37. The van der Waals surface area contributed by atoms with Crippen LogP contribution in [0.2, 0.25) is 0 Å². The number of carbonyl (C=O) groups excluding carboxylic acids is 2. The first-order valence-electron chi connectivity index (χ1n) is 5.77. The number of halogens is 1. The molecule has 1 aromatic rings. The van der Waals surface area contributed by atoms with Gasteiger partial charge < -0.3 is 20.9 Å². The van der Waals surface area contributed by atoms with E-state index in [4.69, 9.17) is 5.73 Å². The summed E-state index contributed by atoms with van der Waals surface area (Å²) in [5.74, 6) is -0.140. The molecule has 7 heteroatoms. The zero-order chi connectivity index (χ0) is 13.1. The molecule has 1 fully saturated rings. The van der Waals surface area contributed by atoms with Crippen LogP contribution in [0.3, 0.4) is 0 Å². The lowest BCUT2D eigenvalue weighted by Gasteiger charge is -2.08. The van der Waals surface area contributed by atoms with E-state index in [9.17, 15) is 9.59 Å². The van der Waals surface area contributed by atoms with Crippen LogP contribution in [0, 0.1) is 0 Å². The average Bonchev–Trinajstić information content (AvgIpc) is 3.07. The summed E-state index contributed by atoms with van der Waals surface area (Å²) in [5.41, 5.74) is 5.56. The molecule has 3 amide bonds. The van der Waals surface area contributed by atoms with Crippen molar-refractivity contribution in [1.29, 1.82) is 0 Å². The smallest absolute Gasteiger partial charge is 0.312 e. The van der Waals surface area contributed by atoms with Crippen LogP contribution < -0.4 is 16.4 Å². The third-order valence-electron chi connectivity index (χ3n) is 2.70. The molecule has 0 unspecified atom stereocenters. The number of hydrogen-bond donors (Lipinski definition) is 3. The van der Waals surface area contributed by atoms with Gasteiger partial charge in [-0.3, -0.25) is 4.79 Å². The summed E-state index contributed by atoms with van der Waals surface area (Å²) < 4.78 is 2.89. The van der Waals surface area contributed by atoms with Gasteiger partial charge in [-0.25, -0.2) is 4.79 Å². The number of rotatable bonds is 5. The first kappa shape index (κ1) is 12.9. The number of amides is 3. The maximum absolute atomic E-state index is 12.0. The minimum atomic E-state index is -0.589. The highest BCUT2D eigenvalue weighted by atomic mass is 79.9. The van der Waals surface area contributed by atoms with E-state index < -0.39 is 6.03 Å². The van der Waals surface area contributed by atoms with Crippen molar-refractivity contribution in [2.45, 2.75) is 18.9 Å². The van der Waals surface area contributed by atoms with Gasteiger partial charge in [0.05, 0.1) is 0 Å². The number of hydrogen-bond acceptors (Lipinski definition) is 2. The zero-order valence-electron chi connectivity index (χ0n) is 9.78. The van der Waals surface area contributed by atoms with Crippen molar-refractivity contribution >= 4 is 27.9 Å². The Morgan fingerprint density at radius 3 is 2.67 bits per heavy atom. The second-order valence-electron chi connectivity index (χ2n) is 4.23. The Kier molecular flexibility index (Phi) is 3.90. The van der Waals surface area contributed by atoms with Gasteiger partial charge in [0.15, 0.2) is 0 Å². The van der Waals surface area contributed by atoms with Crippen LogP contribution in [0.5, 0.6) is 0 Å². The van der Waals surface area contributed by atoms with E-state index in [2.05, 4.69) is 26.6 Å². The number of urea groups is 1. The number of nitrogens with zero attached hydrogens (tertiary/aromatic N) is 1. The number of aromatic nitrogens is 1. The van der Waals surface area contributed by atoms with Gasteiger partial charge >= 0.3 is 6.03 Å². The van der Waals surface area contributed by atoms with Crippen molar-refractivity contribution in [1.82, 2.24) is 15.2 Å². The minimum absolute atomic E-state index is 0.140. The summed E-state index contributed by atoms with van der Waals surface area (Å²) in [6, 6.07) is 1.66. The number of primary amides is 1. The molecule has 1 aliphatic rings. The molecule has 0 radical (unpaired) electrons. The Balaban J connectivity index is 1.90. The van der Waals surface area contributed by atoms with Crippen LogP contribution in [-0.4, -0.2) is 29.6 Å². The van der Waals surface area contributed by atoms with E-state index in [-0.39, 0.29) is 5.91 Å². The lowest BCUT2D eigenvalue weighted by molar-refractivity contribution is 0.0944. The van der Waals surface area contributed by atoms with Crippen molar-refractivity contribution in [2.24, 2.45) is 5.73 Å². The monoisotopic (exact) mass is 314 g/mol. The average molecular weight is 315 g/mol. The molecule has 4 N–H and O–H groups in total. The maximum atomic E-state index is 12.0. The van der Waals surface area contributed by atoms with E-state index in [1.54, 1.807) is 6.07 Å². The van der Waals surface area contributed by atoms with Gasteiger partial charge in [-0.1, -0.05) is 0 Å². The van der Waals surface area contributed by atoms with Crippen LogP contribution >= 0.6 is 15.9 Å². The largest absolute Gasteiger partial charge is 0.352 e. The Labute approximate surface area is 113 Å². The first-order chi connectivity index (χ1) is 8.58. The van der Waals surface area contributed by atoms with Gasteiger partial charge in [0.2, 0.25) is 0 Å². The highest BCUT2D eigenvalue weighted by Gasteiger charge is 2.27. The predicted molar refractivity (Wildman–Crippen MR) is 70.3 cm³/mol. The van der Waals surface area contributed by atoms with Crippen molar-refractivity contribution in [3.8, 4) is 0 Å². The van der Waals surface area contributed by atoms with Gasteiger partial charge in [0, 0.05) is 29.8 Å². The first-order valence-corrected chi connectivity index (χ1v) is 6.56. The van der Waals surface area contributed by atoms with E-state index in [1.807, 2.05) is 10.8 Å². The molecule has 0 aromatic carbocycles. The number of nitrogens with two attached hydrogens (primary N) is 1. The van der Waals surface area contributed by atoms with Crippen LogP contribution in [0.25, 0.3) is 0 Å². The van der Waals surface area contributed by atoms with E-state index in [0.717, 1.165) is 17.3 Å². The second kappa shape index (κ2) is 5.43. The molecule has 1 aliphatic carbocycles. The molecule has 2 rings (SSSR count). The Morgan fingerprint density at radius 1 is 1.39 bits per heavy atom. The molecule has 1 aromatic heterocycles. The molecule has 0 aliphatic heterocycles. The standard InChI is InChI=1S/C11H15BrN4O2/c12-7-5-9(16(6-7)8-1-2-8)10(17)14-3-4-15-11(13)18/h5-6,8H,1-4H2,(H,14,17)(H3,13,15,18). The molecule has 1 saturated carbocycles. The highest BCUT2D eigenvalue weighted by molar-refractivity contribution is 9.10. The van der Waals surface area contributed by atoms with Crippen LogP contribution in [0.15, 0.2) is 16.7 Å². The molecule has 0 saturated heterocycles. The SMILES string of the molecule is NC(=O)NCCNC(=O)c1cc(Br)cn1C1CC1. The third kappa shape index (κ3) is 3.25. The van der Waals surface area contributed by atoms with Crippen molar-refractivity contribution < 1.29 is 9.59 Å². The number of carbonyl (C=O) groups is 2. The summed E-state index contributed by atoms with van der Waals surface area (Å²) in [7, 11) is 0. The second-order valence-corrected chi connectivity index (χ2v) is 5.14. The van der Waals surface area contributed by atoms with Crippen LogP contribution in [-0.2, 0) is 0 Å². The fraction of sp³-hybridized carbons (Fsp3) is 0.455. The fourth-order valence-electron chi connectivity index (χ4n) is 1.73. The van der Waals surface area contributed by atoms with E-state index >= 15 is 0 Å². The molecule has 0 atom stereocenters. The third-order valence-corrected chi connectivity index (χ3v) is 3.13. The fourth-order valence-corrected chi connectivity index (χ4v) is 2.17. The summed E-state index contributed by atoms with van der Waals surface area (Å²) in [4.78, 5) is 22.4. The molecule has 0 bridgehead atoms. The topological polar surface area (TPSA) is 89.2 Å². The lowest BCUT2D eigenvalue weighted by atomic mass is 10.4. The van der Waals surface area contributed by atoms with Gasteiger partial charge in [-0.15, -0.1) is 0 Å². The normalized spacial score (nSPS) is 14.3. The molecule has 6 nitrogen and oxygen atoms in total. The Hall–Kier alpha value is -1.50. The van der Waals surface area contributed by atoms with Crippen LogP contribution in [0.4, 0.5) is 4.79 Å². The molecular weight excluding hydrogens is 300 g/mol. The lowest BCUT2D eigenvalue weighted by Crippen LogP contribution is -2.37. The van der Waals surface area contributed by atoms with Crippen molar-refractivity contribution in [3.63, 3.8) is 0 Å². The number of nitrogens with one attached hydrogen (secondary N) is 2. The quantitative estimate of drug-likeness (QED) is 0.707. The van der Waals surface area contributed by atoms with Gasteiger partial charge in [0.25, 0.3) is 5.91 Å². The summed E-state index contributed by atoms with van der Waals surface area (Å²) in [6.07, 6.45) is 4.16. The molecule has 18 heavy (non-hydrogen) atoms. The molecule has 1 heterocycles. The summed E-state index contributed by atoms with van der Waals surface area (Å²) in [6.45, 7) is 0.682. The van der Waals surface area contributed by atoms with Crippen molar-refractivity contribution in [2.75, 3.05) is 13.1 Å². The van der Waals surface area contributed by atoms with Crippen LogP contribution in [0.1, 0.15) is 29.4 Å². The Bertz CT molecular complexity index is 468. The Morgan fingerprint density at radius 2 is 2.06 bits per heavy atom. The minimum Gasteiger partial charge on any atom is -0.352 e. The summed E-state index contributed by atoms with van der Waals surface area (Å²) >= 11 is 3.37.